The van der Waals surface area contributed by atoms with Crippen molar-refractivity contribution in [2.24, 2.45) is 11.3 Å². The normalized spacial score (nSPS) is 22.8. The monoisotopic (exact) mass is 273 g/mol. The maximum atomic E-state index is 12.2. The summed E-state index contributed by atoms with van der Waals surface area (Å²) in [7, 11) is 0. The van der Waals surface area contributed by atoms with Crippen molar-refractivity contribution in [2.75, 3.05) is 0 Å². The molecule has 2 nitrogen and oxygen atoms in total. The molecule has 2 aliphatic rings. The van der Waals surface area contributed by atoms with Crippen LogP contribution in [0.3, 0.4) is 0 Å². The van der Waals surface area contributed by atoms with Gasteiger partial charge in [-0.15, -0.1) is 0 Å². The van der Waals surface area contributed by atoms with Crippen molar-refractivity contribution >= 4 is 5.78 Å². The zero-order chi connectivity index (χ0) is 14.2. The van der Waals surface area contributed by atoms with E-state index in [0.29, 0.717) is 12.2 Å². The molecule has 1 aromatic heterocycles. The molecule has 0 aliphatic heterocycles. The van der Waals surface area contributed by atoms with Gasteiger partial charge in [-0.3, -0.25) is 4.79 Å². The number of fused-ring (bicyclic) bond motifs is 1. The molecule has 0 saturated heterocycles. The summed E-state index contributed by atoms with van der Waals surface area (Å²) in [5.41, 5.74) is 2.42. The Bertz CT molecular complexity index is 492. The lowest BCUT2D eigenvalue weighted by molar-refractivity contribution is 0.0910. The molecule has 0 unspecified atom stereocenters. The Hall–Kier alpha value is -1.05. The first-order chi connectivity index (χ1) is 9.55. The van der Waals surface area contributed by atoms with Crippen LogP contribution in [0.1, 0.15) is 74.8 Å². The Labute approximate surface area is 122 Å². The van der Waals surface area contributed by atoms with E-state index in [9.17, 15) is 4.79 Å². The van der Waals surface area contributed by atoms with Gasteiger partial charge in [-0.2, -0.15) is 0 Å². The van der Waals surface area contributed by atoms with Crippen LogP contribution >= 0.6 is 0 Å². The molecular weight excluding hydrogens is 246 g/mol. The molecule has 1 fully saturated rings. The molecule has 1 heterocycles. The summed E-state index contributed by atoms with van der Waals surface area (Å²) < 4.78 is 2.36. The van der Waals surface area contributed by atoms with Gasteiger partial charge < -0.3 is 4.57 Å². The third-order valence-electron chi connectivity index (χ3n) is 5.17. The van der Waals surface area contributed by atoms with Crippen molar-refractivity contribution in [1.29, 1.82) is 0 Å². The molecule has 0 spiro atoms. The molecule has 0 N–H and O–H groups in total. The average Bonchev–Trinajstić information content (AvgIpc) is 2.79. The highest BCUT2D eigenvalue weighted by molar-refractivity contribution is 5.98. The number of Topliss-reactive ketones (excluding diaryl/α,β-unsaturated/α-hetero) is 1. The molecule has 0 atom stereocenters. The van der Waals surface area contributed by atoms with E-state index in [2.05, 4.69) is 24.6 Å². The number of nitrogens with zero attached hydrogens (tertiary/aromatic N) is 1. The van der Waals surface area contributed by atoms with Gasteiger partial charge >= 0.3 is 0 Å². The molecule has 2 heteroatoms. The fraction of sp³-hybridized carbons (Fsp3) is 0.722. The number of carbonyl (C=O) groups is 1. The van der Waals surface area contributed by atoms with Crippen molar-refractivity contribution < 1.29 is 4.79 Å². The second kappa shape index (κ2) is 5.38. The van der Waals surface area contributed by atoms with E-state index in [1.54, 1.807) is 0 Å². The van der Waals surface area contributed by atoms with Crippen LogP contribution in [0.15, 0.2) is 12.3 Å². The van der Waals surface area contributed by atoms with Gasteiger partial charge in [-0.05, 0) is 30.2 Å². The minimum Gasteiger partial charge on any atom is -0.351 e. The Morgan fingerprint density at radius 1 is 1.20 bits per heavy atom. The van der Waals surface area contributed by atoms with E-state index in [-0.39, 0.29) is 5.41 Å². The lowest BCUT2D eigenvalue weighted by Crippen LogP contribution is -2.28. The topological polar surface area (TPSA) is 22.0 Å². The summed E-state index contributed by atoms with van der Waals surface area (Å²) in [6, 6.07) is 2.05. The van der Waals surface area contributed by atoms with Crippen LogP contribution in [0.25, 0.3) is 0 Å². The van der Waals surface area contributed by atoms with Crippen molar-refractivity contribution in [3.05, 3.63) is 23.5 Å². The van der Waals surface area contributed by atoms with Crippen molar-refractivity contribution in [3.63, 3.8) is 0 Å². The van der Waals surface area contributed by atoms with Crippen LogP contribution in [-0.4, -0.2) is 10.4 Å². The van der Waals surface area contributed by atoms with E-state index in [1.165, 1.54) is 44.2 Å². The first-order valence-electron chi connectivity index (χ1n) is 8.26. The highest BCUT2D eigenvalue weighted by Gasteiger charge is 2.32. The third kappa shape index (κ3) is 2.84. The highest BCUT2D eigenvalue weighted by Crippen LogP contribution is 2.35. The lowest BCUT2D eigenvalue weighted by Gasteiger charge is -2.30. The van der Waals surface area contributed by atoms with E-state index >= 15 is 0 Å². The summed E-state index contributed by atoms with van der Waals surface area (Å²) >= 11 is 0. The Kier molecular flexibility index (Phi) is 3.74. The Balaban J connectivity index is 1.70. The zero-order valence-corrected chi connectivity index (χ0v) is 13.0. The second-order valence-electron chi connectivity index (χ2n) is 7.60. The SMILES string of the molecule is CC1(C)CC(=O)c2ccn(CCC3CCCCC3)c2C1. The molecule has 0 radical (unpaired) electrons. The summed E-state index contributed by atoms with van der Waals surface area (Å²) in [5.74, 6) is 1.25. The maximum Gasteiger partial charge on any atom is 0.165 e. The van der Waals surface area contributed by atoms with Gasteiger partial charge in [0.25, 0.3) is 0 Å². The molecule has 20 heavy (non-hydrogen) atoms. The highest BCUT2D eigenvalue weighted by atomic mass is 16.1. The molecule has 0 aromatic carbocycles. The van der Waals surface area contributed by atoms with Crippen LogP contribution in [-0.2, 0) is 13.0 Å². The van der Waals surface area contributed by atoms with Gasteiger partial charge in [0, 0.05) is 30.4 Å². The van der Waals surface area contributed by atoms with E-state index in [1.807, 2.05) is 6.07 Å². The van der Waals surface area contributed by atoms with Crippen LogP contribution < -0.4 is 0 Å². The van der Waals surface area contributed by atoms with Crippen molar-refractivity contribution in [2.45, 2.75) is 71.8 Å². The van der Waals surface area contributed by atoms with Crippen molar-refractivity contribution in [3.8, 4) is 0 Å². The molecular formula is C18H27NO. The number of aromatic nitrogens is 1. The van der Waals surface area contributed by atoms with E-state index in [0.717, 1.165) is 24.4 Å². The predicted octanol–water partition coefficient (Wildman–Crippen LogP) is 4.61. The average molecular weight is 273 g/mol. The fourth-order valence-corrected chi connectivity index (χ4v) is 4.01. The summed E-state index contributed by atoms with van der Waals surface area (Å²) in [4.78, 5) is 12.2. The first kappa shape index (κ1) is 13.9. The number of carbonyl (C=O) groups excluding carboxylic acids is 1. The fourth-order valence-electron chi connectivity index (χ4n) is 4.01. The quantitative estimate of drug-likeness (QED) is 0.788. The van der Waals surface area contributed by atoms with Gasteiger partial charge in [-0.25, -0.2) is 0 Å². The van der Waals surface area contributed by atoms with Crippen LogP contribution in [0.2, 0.25) is 0 Å². The molecule has 0 bridgehead atoms. The molecule has 1 saturated carbocycles. The van der Waals surface area contributed by atoms with Crippen molar-refractivity contribution in [1.82, 2.24) is 4.57 Å². The third-order valence-corrected chi connectivity index (χ3v) is 5.17. The Morgan fingerprint density at radius 3 is 2.70 bits per heavy atom. The summed E-state index contributed by atoms with van der Waals surface area (Å²) in [5, 5.41) is 0. The first-order valence-corrected chi connectivity index (χ1v) is 8.26. The molecule has 1 aromatic rings. The molecule has 110 valence electrons. The number of hydrogen-bond donors (Lipinski definition) is 0. The molecule has 0 amide bonds. The maximum absolute atomic E-state index is 12.2. The van der Waals surface area contributed by atoms with Gasteiger partial charge in [-0.1, -0.05) is 46.0 Å². The lowest BCUT2D eigenvalue weighted by atomic mass is 9.76. The number of ketones is 1. The van der Waals surface area contributed by atoms with Crippen LogP contribution in [0, 0.1) is 11.3 Å². The molecule has 2 aliphatic carbocycles. The summed E-state index contributed by atoms with van der Waals surface area (Å²) in [6.07, 6.45) is 12.3. The minimum atomic E-state index is 0.130. The number of rotatable bonds is 3. The Morgan fingerprint density at radius 2 is 1.95 bits per heavy atom. The molecule has 3 rings (SSSR count). The van der Waals surface area contributed by atoms with Gasteiger partial charge in [0.1, 0.15) is 0 Å². The second-order valence-corrected chi connectivity index (χ2v) is 7.60. The standard InChI is InChI=1S/C18H27NO/c1-18(2)12-16-15(17(20)13-18)9-11-19(16)10-8-14-6-4-3-5-7-14/h9,11,14H,3-8,10,12-13H2,1-2H3. The zero-order valence-electron chi connectivity index (χ0n) is 13.0. The smallest absolute Gasteiger partial charge is 0.165 e. The van der Waals surface area contributed by atoms with Gasteiger partial charge in [0.05, 0.1) is 0 Å². The van der Waals surface area contributed by atoms with Gasteiger partial charge in [0.2, 0.25) is 0 Å². The largest absolute Gasteiger partial charge is 0.351 e. The van der Waals surface area contributed by atoms with Gasteiger partial charge in [0.15, 0.2) is 5.78 Å². The van der Waals surface area contributed by atoms with E-state index in [4.69, 9.17) is 0 Å². The van der Waals surface area contributed by atoms with E-state index < -0.39 is 0 Å². The van der Waals surface area contributed by atoms with Crippen LogP contribution in [0.5, 0.6) is 0 Å². The number of aryl methyl sites for hydroxylation is 1. The predicted molar refractivity (Wildman–Crippen MR) is 82.1 cm³/mol. The number of hydrogen-bond acceptors (Lipinski definition) is 1. The summed E-state index contributed by atoms with van der Waals surface area (Å²) in [6.45, 7) is 5.53. The minimum absolute atomic E-state index is 0.130. The van der Waals surface area contributed by atoms with Crippen LogP contribution in [0.4, 0.5) is 0 Å².